The van der Waals surface area contributed by atoms with Gasteiger partial charge in [0, 0.05) is 11.4 Å². The van der Waals surface area contributed by atoms with Gasteiger partial charge in [-0.2, -0.15) is 5.10 Å². The summed E-state index contributed by atoms with van der Waals surface area (Å²) in [5.41, 5.74) is 4.85. The number of nitrogens with zero attached hydrogens (tertiary/aromatic N) is 2. The van der Waals surface area contributed by atoms with E-state index in [1.54, 1.807) is 19.2 Å². The van der Waals surface area contributed by atoms with Gasteiger partial charge in [0.2, 0.25) is 10.0 Å². The molecule has 1 aliphatic heterocycles. The first-order chi connectivity index (χ1) is 16.6. The second-order valence-corrected chi connectivity index (χ2v) is 11.2. The van der Waals surface area contributed by atoms with Gasteiger partial charge >= 0.3 is 0 Å². The number of methoxy groups -OCH3 is 1. The fourth-order valence-corrected chi connectivity index (χ4v) is 6.46. The molecule has 0 aromatic heterocycles. The molecule has 4 rings (SSSR count). The molecule has 1 N–H and O–H groups in total. The predicted molar refractivity (Wildman–Crippen MR) is 143 cm³/mol. The SMILES string of the molecule is COc1ccc(C2CC(CNS(=O)(=O)c3c(C)cc(C)cc3C)=NN2c2ccc(Cl)cc2Cl)cc1. The third-order valence-electron chi connectivity index (χ3n) is 5.97. The first-order valence-corrected chi connectivity index (χ1v) is 13.3. The van der Waals surface area contributed by atoms with Crippen molar-refractivity contribution in [3.8, 4) is 5.75 Å². The van der Waals surface area contributed by atoms with Gasteiger partial charge in [0.15, 0.2) is 0 Å². The molecule has 0 saturated carbocycles. The van der Waals surface area contributed by atoms with Crippen LogP contribution in [0.1, 0.15) is 34.7 Å². The second-order valence-electron chi connectivity index (χ2n) is 8.65. The number of nitrogens with one attached hydrogen (secondary N) is 1. The summed E-state index contributed by atoms with van der Waals surface area (Å²) in [7, 11) is -2.10. The Morgan fingerprint density at radius 3 is 2.29 bits per heavy atom. The van der Waals surface area contributed by atoms with Crippen LogP contribution in [0.4, 0.5) is 5.69 Å². The maximum Gasteiger partial charge on any atom is 0.241 e. The van der Waals surface area contributed by atoms with E-state index in [1.807, 2.05) is 68.2 Å². The molecule has 184 valence electrons. The minimum atomic E-state index is -3.72. The average molecular weight is 532 g/mol. The fourth-order valence-electron chi connectivity index (χ4n) is 4.50. The van der Waals surface area contributed by atoms with E-state index in [4.69, 9.17) is 33.0 Å². The molecule has 1 atom stereocenters. The van der Waals surface area contributed by atoms with Crippen LogP contribution in [0.5, 0.6) is 5.75 Å². The molecule has 0 radical (unpaired) electrons. The number of benzene rings is 3. The standard InChI is InChI=1S/C26H27Cl2N3O3S/c1-16-11-17(2)26(18(3)12-16)35(32,33)29-15-21-14-25(19-5-8-22(34-4)9-6-19)31(30-21)24-10-7-20(27)13-23(24)28/h5-13,25,29H,14-15H2,1-4H3. The Labute approximate surface area is 216 Å². The zero-order chi connectivity index (χ0) is 25.3. The monoisotopic (exact) mass is 531 g/mol. The van der Waals surface area contributed by atoms with Gasteiger partial charge in [-0.05, 0) is 67.8 Å². The van der Waals surface area contributed by atoms with Gasteiger partial charge in [-0.15, -0.1) is 0 Å². The number of aryl methyl sites for hydroxylation is 3. The van der Waals surface area contributed by atoms with Crippen LogP contribution in [0.2, 0.25) is 10.0 Å². The van der Waals surface area contributed by atoms with Crippen LogP contribution in [0, 0.1) is 20.8 Å². The number of hydrogen-bond donors (Lipinski definition) is 1. The van der Waals surface area contributed by atoms with Gasteiger partial charge < -0.3 is 4.74 Å². The van der Waals surface area contributed by atoms with Crippen molar-refractivity contribution in [1.82, 2.24) is 4.72 Å². The first kappa shape index (κ1) is 25.5. The normalized spacial score (nSPS) is 15.9. The van der Waals surface area contributed by atoms with Crippen molar-refractivity contribution in [2.24, 2.45) is 5.10 Å². The number of sulfonamides is 1. The van der Waals surface area contributed by atoms with Gasteiger partial charge in [0.25, 0.3) is 0 Å². The number of rotatable bonds is 7. The summed E-state index contributed by atoms with van der Waals surface area (Å²) in [6, 6.07) is 16.6. The van der Waals surface area contributed by atoms with Crippen LogP contribution in [0.25, 0.3) is 0 Å². The number of hydrogen-bond acceptors (Lipinski definition) is 5. The minimum Gasteiger partial charge on any atom is -0.497 e. The van der Waals surface area contributed by atoms with Crippen molar-refractivity contribution >= 4 is 44.6 Å². The summed E-state index contributed by atoms with van der Waals surface area (Å²) < 4.78 is 34.4. The molecule has 3 aromatic carbocycles. The van der Waals surface area contributed by atoms with Crippen LogP contribution in [0.15, 0.2) is 64.6 Å². The lowest BCUT2D eigenvalue weighted by atomic mass is 10.0. The molecule has 0 bridgehead atoms. The van der Waals surface area contributed by atoms with Crippen LogP contribution in [-0.4, -0.2) is 27.8 Å². The quantitative estimate of drug-likeness (QED) is 0.393. The molecule has 0 aliphatic carbocycles. The molecule has 0 amide bonds. The molecular weight excluding hydrogens is 505 g/mol. The molecular formula is C26H27Cl2N3O3S. The molecule has 0 saturated heterocycles. The van der Waals surface area contributed by atoms with Gasteiger partial charge in [-0.25, -0.2) is 13.1 Å². The third-order valence-corrected chi connectivity index (χ3v) is 8.21. The van der Waals surface area contributed by atoms with Crippen LogP contribution in [-0.2, 0) is 10.0 Å². The Morgan fingerprint density at radius 2 is 1.69 bits per heavy atom. The topological polar surface area (TPSA) is 71.0 Å². The average Bonchev–Trinajstić information content (AvgIpc) is 3.21. The van der Waals surface area contributed by atoms with Crippen molar-refractivity contribution in [3.63, 3.8) is 0 Å². The van der Waals surface area contributed by atoms with Crippen LogP contribution >= 0.6 is 23.2 Å². The maximum atomic E-state index is 13.2. The molecule has 35 heavy (non-hydrogen) atoms. The number of hydrazone groups is 1. The number of ether oxygens (including phenoxy) is 1. The van der Waals surface area contributed by atoms with Crippen molar-refractivity contribution in [1.29, 1.82) is 0 Å². The molecule has 0 spiro atoms. The molecule has 9 heteroatoms. The summed E-state index contributed by atoms with van der Waals surface area (Å²) in [5.74, 6) is 0.751. The Morgan fingerprint density at radius 1 is 1.03 bits per heavy atom. The van der Waals surface area contributed by atoms with E-state index in [9.17, 15) is 8.42 Å². The Kier molecular flexibility index (Phi) is 7.43. The van der Waals surface area contributed by atoms with Crippen LogP contribution in [0.3, 0.4) is 0 Å². The van der Waals surface area contributed by atoms with E-state index in [0.29, 0.717) is 43.9 Å². The van der Waals surface area contributed by atoms with Gasteiger partial charge in [0.05, 0.1) is 41.0 Å². The Balaban J connectivity index is 1.63. The van der Waals surface area contributed by atoms with E-state index in [-0.39, 0.29) is 12.6 Å². The summed E-state index contributed by atoms with van der Waals surface area (Å²) in [4.78, 5) is 0.311. The number of halogens is 2. The lowest BCUT2D eigenvalue weighted by Gasteiger charge is -2.25. The lowest BCUT2D eigenvalue weighted by Crippen LogP contribution is -2.30. The zero-order valence-electron chi connectivity index (χ0n) is 20.0. The molecule has 1 aliphatic rings. The van der Waals surface area contributed by atoms with Crippen molar-refractivity contribution in [3.05, 3.63) is 86.9 Å². The smallest absolute Gasteiger partial charge is 0.241 e. The maximum absolute atomic E-state index is 13.2. The summed E-state index contributed by atoms with van der Waals surface area (Å²) in [6.45, 7) is 5.66. The van der Waals surface area contributed by atoms with Crippen molar-refractivity contribution in [2.75, 3.05) is 18.7 Å². The van der Waals surface area contributed by atoms with Crippen molar-refractivity contribution < 1.29 is 13.2 Å². The van der Waals surface area contributed by atoms with E-state index >= 15 is 0 Å². The first-order valence-electron chi connectivity index (χ1n) is 11.1. The second kappa shape index (κ2) is 10.2. The third kappa shape index (κ3) is 5.48. The van der Waals surface area contributed by atoms with E-state index in [0.717, 1.165) is 16.9 Å². The molecule has 6 nitrogen and oxygen atoms in total. The minimum absolute atomic E-state index is 0.0868. The molecule has 1 heterocycles. The predicted octanol–water partition coefficient (Wildman–Crippen LogP) is 6.21. The van der Waals surface area contributed by atoms with E-state index in [2.05, 4.69) is 4.72 Å². The summed E-state index contributed by atoms with van der Waals surface area (Å²) in [6.07, 6.45) is 0.527. The molecule has 3 aromatic rings. The Bertz CT molecular complexity index is 1370. The summed E-state index contributed by atoms with van der Waals surface area (Å²) >= 11 is 12.6. The highest BCUT2D eigenvalue weighted by atomic mass is 35.5. The summed E-state index contributed by atoms with van der Waals surface area (Å²) in [5, 5.41) is 7.59. The zero-order valence-corrected chi connectivity index (χ0v) is 22.3. The highest BCUT2D eigenvalue weighted by Gasteiger charge is 2.31. The van der Waals surface area contributed by atoms with E-state index in [1.165, 1.54) is 0 Å². The van der Waals surface area contributed by atoms with Gasteiger partial charge in [-0.1, -0.05) is 53.0 Å². The highest BCUT2D eigenvalue weighted by molar-refractivity contribution is 7.89. The van der Waals surface area contributed by atoms with Crippen molar-refractivity contribution in [2.45, 2.75) is 38.1 Å². The van der Waals surface area contributed by atoms with Gasteiger partial charge in [-0.3, -0.25) is 5.01 Å². The van der Waals surface area contributed by atoms with E-state index < -0.39 is 10.0 Å². The highest BCUT2D eigenvalue weighted by Crippen LogP contribution is 2.40. The molecule has 1 unspecified atom stereocenters. The lowest BCUT2D eigenvalue weighted by molar-refractivity contribution is 0.414. The number of anilines is 1. The van der Waals surface area contributed by atoms with Gasteiger partial charge in [0.1, 0.15) is 5.75 Å². The largest absolute Gasteiger partial charge is 0.497 e. The fraction of sp³-hybridized carbons (Fsp3) is 0.269. The Hall–Kier alpha value is -2.58. The van der Waals surface area contributed by atoms with Crippen LogP contribution < -0.4 is 14.5 Å². The molecule has 0 fully saturated rings.